The molecule has 1 aromatic heterocycles. The molecule has 0 saturated heterocycles. The van der Waals surface area contributed by atoms with E-state index < -0.39 is 0 Å². The Balaban J connectivity index is 1.68. The van der Waals surface area contributed by atoms with E-state index in [9.17, 15) is 4.79 Å². The molecule has 1 heterocycles. The van der Waals surface area contributed by atoms with E-state index in [-0.39, 0.29) is 11.7 Å². The lowest BCUT2D eigenvalue weighted by Crippen LogP contribution is -2.12. The Bertz CT molecular complexity index is 876. The largest absolute Gasteiger partial charge is 0.493 e. The lowest BCUT2D eigenvalue weighted by molar-refractivity contribution is -0.131. The van der Waals surface area contributed by atoms with Crippen molar-refractivity contribution in [2.45, 2.75) is 12.1 Å². The highest BCUT2D eigenvalue weighted by atomic mass is 32.2. The SMILES string of the molecule is COc1ccccc1OC(=O)CSc1nccn1-c1ccccc1C. The number of hydrogen-bond acceptors (Lipinski definition) is 5. The van der Waals surface area contributed by atoms with Gasteiger partial charge in [-0.25, -0.2) is 4.98 Å². The number of carbonyl (C=O) groups is 1. The van der Waals surface area contributed by atoms with Crippen molar-refractivity contribution in [1.82, 2.24) is 9.55 Å². The number of esters is 1. The number of thioether (sulfide) groups is 1. The minimum absolute atomic E-state index is 0.154. The molecule has 0 atom stereocenters. The standard InChI is InChI=1S/C19H18N2O3S/c1-14-7-3-4-8-15(14)21-12-11-20-19(21)25-13-18(22)24-17-10-6-5-9-16(17)23-2/h3-12H,13H2,1-2H3. The summed E-state index contributed by atoms with van der Waals surface area (Å²) in [5.74, 6) is 0.745. The van der Waals surface area contributed by atoms with Crippen molar-refractivity contribution in [3.8, 4) is 17.2 Å². The molecule has 0 aliphatic carbocycles. The van der Waals surface area contributed by atoms with Gasteiger partial charge in [-0.1, -0.05) is 42.1 Å². The Morgan fingerprint density at radius 3 is 2.60 bits per heavy atom. The van der Waals surface area contributed by atoms with E-state index in [0.29, 0.717) is 11.5 Å². The number of methoxy groups -OCH3 is 1. The number of aryl methyl sites for hydroxylation is 1. The van der Waals surface area contributed by atoms with Crippen LogP contribution in [0.5, 0.6) is 11.5 Å². The summed E-state index contributed by atoms with van der Waals surface area (Å²) >= 11 is 1.33. The molecule has 3 aromatic rings. The number of ether oxygens (including phenoxy) is 2. The van der Waals surface area contributed by atoms with Crippen LogP contribution in [-0.2, 0) is 4.79 Å². The van der Waals surface area contributed by atoms with Gasteiger partial charge in [0.2, 0.25) is 0 Å². The molecule has 0 N–H and O–H groups in total. The third kappa shape index (κ3) is 4.03. The van der Waals surface area contributed by atoms with Crippen LogP contribution < -0.4 is 9.47 Å². The minimum Gasteiger partial charge on any atom is -0.493 e. The summed E-state index contributed by atoms with van der Waals surface area (Å²) in [5.41, 5.74) is 2.18. The van der Waals surface area contributed by atoms with Crippen LogP contribution in [0, 0.1) is 6.92 Å². The van der Waals surface area contributed by atoms with Gasteiger partial charge < -0.3 is 9.47 Å². The van der Waals surface area contributed by atoms with Gasteiger partial charge in [0.15, 0.2) is 16.7 Å². The van der Waals surface area contributed by atoms with Gasteiger partial charge in [0.05, 0.1) is 18.6 Å². The third-order valence-corrected chi connectivity index (χ3v) is 4.53. The molecule has 0 unspecified atom stereocenters. The average molecular weight is 354 g/mol. The molecule has 0 saturated carbocycles. The van der Waals surface area contributed by atoms with Crippen LogP contribution in [0.4, 0.5) is 0 Å². The summed E-state index contributed by atoms with van der Waals surface area (Å²) in [6.45, 7) is 2.04. The van der Waals surface area contributed by atoms with Gasteiger partial charge in [0.25, 0.3) is 0 Å². The summed E-state index contributed by atoms with van der Waals surface area (Å²) in [6.07, 6.45) is 3.61. The van der Waals surface area contributed by atoms with Crippen molar-refractivity contribution >= 4 is 17.7 Å². The average Bonchev–Trinajstić information content (AvgIpc) is 3.09. The Morgan fingerprint density at radius 1 is 1.12 bits per heavy atom. The molecule has 0 aliphatic rings. The second kappa shape index (κ2) is 7.90. The van der Waals surface area contributed by atoms with Crippen LogP contribution in [0.25, 0.3) is 5.69 Å². The Labute approximate surface area is 150 Å². The van der Waals surface area contributed by atoms with Crippen molar-refractivity contribution in [3.05, 3.63) is 66.5 Å². The topological polar surface area (TPSA) is 53.4 Å². The van der Waals surface area contributed by atoms with Gasteiger partial charge in [-0.3, -0.25) is 9.36 Å². The first-order valence-electron chi connectivity index (χ1n) is 7.75. The monoisotopic (exact) mass is 354 g/mol. The summed E-state index contributed by atoms with van der Waals surface area (Å²) in [5, 5.41) is 0.742. The summed E-state index contributed by atoms with van der Waals surface area (Å²) in [4.78, 5) is 16.5. The fraction of sp³-hybridized carbons (Fsp3) is 0.158. The first-order chi connectivity index (χ1) is 12.2. The first-order valence-corrected chi connectivity index (χ1v) is 8.73. The summed E-state index contributed by atoms with van der Waals surface area (Å²) < 4.78 is 12.5. The van der Waals surface area contributed by atoms with Crippen LogP contribution in [-0.4, -0.2) is 28.4 Å². The molecule has 5 nitrogen and oxygen atoms in total. The third-order valence-electron chi connectivity index (χ3n) is 3.59. The quantitative estimate of drug-likeness (QED) is 0.382. The van der Waals surface area contributed by atoms with Crippen LogP contribution >= 0.6 is 11.8 Å². The van der Waals surface area contributed by atoms with E-state index in [1.54, 1.807) is 31.5 Å². The molecule has 0 bridgehead atoms. The number of para-hydroxylation sites is 3. The number of nitrogens with zero attached hydrogens (tertiary/aromatic N) is 2. The highest BCUT2D eigenvalue weighted by molar-refractivity contribution is 7.99. The van der Waals surface area contributed by atoms with Gasteiger partial charge >= 0.3 is 5.97 Å². The number of rotatable bonds is 6. The lowest BCUT2D eigenvalue weighted by Gasteiger charge is -2.11. The number of carbonyl (C=O) groups excluding carboxylic acids is 1. The van der Waals surface area contributed by atoms with E-state index >= 15 is 0 Å². The Hall–Kier alpha value is -2.73. The van der Waals surface area contributed by atoms with Gasteiger partial charge in [0.1, 0.15) is 0 Å². The predicted octanol–water partition coefficient (Wildman–Crippen LogP) is 3.89. The predicted molar refractivity (Wildman–Crippen MR) is 97.7 cm³/mol. The van der Waals surface area contributed by atoms with E-state index in [1.807, 2.05) is 48.0 Å². The minimum atomic E-state index is -0.353. The van der Waals surface area contributed by atoms with E-state index in [2.05, 4.69) is 4.98 Å². The number of aromatic nitrogens is 2. The van der Waals surface area contributed by atoms with Gasteiger partial charge in [0, 0.05) is 12.4 Å². The van der Waals surface area contributed by atoms with Crippen molar-refractivity contribution in [2.75, 3.05) is 12.9 Å². The molecular formula is C19H18N2O3S. The molecule has 0 amide bonds. The van der Waals surface area contributed by atoms with Crippen molar-refractivity contribution < 1.29 is 14.3 Å². The van der Waals surface area contributed by atoms with E-state index in [1.165, 1.54) is 11.8 Å². The van der Waals surface area contributed by atoms with Crippen LogP contribution in [0.3, 0.4) is 0 Å². The van der Waals surface area contributed by atoms with Gasteiger partial charge in [-0.2, -0.15) is 0 Å². The second-order valence-corrected chi connectivity index (χ2v) is 6.22. The smallest absolute Gasteiger partial charge is 0.321 e. The van der Waals surface area contributed by atoms with Crippen molar-refractivity contribution in [1.29, 1.82) is 0 Å². The molecule has 128 valence electrons. The Morgan fingerprint density at radius 2 is 1.84 bits per heavy atom. The van der Waals surface area contributed by atoms with Crippen molar-refractivity contribution in [2.24, 2.45) is 0 Å². The van der Waals surface area contributed by atoms with Crippen molar-refractivity contribution in [3.63, 3.8) is 0 Å². The molecule has 2 aromatic carbocycles. The van der Waals surface area contributed by atoms with Crippen LogP contribution in [0.15, 0.2) is 66.1 Å². The zero-order chi connectivity index (χ0) is 17.6. The fourth-order valence-corrected chi connectivity index (χ4v) is 3.13. The van der Waals surface area contributed by atoms with E-state index in [0.717, 1.165) is 16.4 Å². The lowest BCUT2D eigenvalue weighted by atomic mass is 10.2. The number of benzene rings is 2. The zero-order valence-electron chi connectivity index (χ0n) is 14.0. The molecular weight excluding hydrogens is 336 g/mol. The molecule has 0 fully saturated rings. The maximum absolute atomic E-state index is 12.2. The molecule has 6 heteroatoms. The van der Waals surface area contributed by atoms with E-state index in [4.69, 9.17) is 9.47 Å². The summed E-state index contributed by atoms with van der Waals surface area (Å²) in [7, 11) is 1.54. The van der Waals surface area contributed by atoms with Gasteiger partial charge in [-0.15, -0.1) is 0 Å². The fourth-order valence-electron chi connectivity index (χ4n) is 2.39. The van der Waals surface area contributed by atoms with Crippen LogP contribution in [0.2, 0.25) is 0 Å². The highest BCUT2D eigenvalue weighted by Crippen LogP contribution is 2.27. The molecule has 0 spiro atoms. The molecule has 0 radical (unpaired) electrons. The normalized spacial score (nSPS) is 10.5. The summed E-state index contributed by atoms with van der Waals surface area (Å²) in [6, 6.07) is 15.1. The maximum atomic E-state index is 12.2. The number of hydrogen-bond donors (Lipinski definition) is 0. The highest BCUT2D eigenvalue weighted by Gasteiger charge is 2.13. The number of imidazole rings is 1. The maximum Gasteiger partial charge on any atom is 0.321 e. The van der Waals surface area contributed by atoms with Gasteiger partial charge in [-0.05, 0) is 30.7 Å². The molecule has 25 heavy (non-hydrogen) atoms. The zero-order valence-corrected chi connectivity index (χ0v) is 14.8. The molecule has 0 aliphatic heterocycles. The second-order valence-electron chi connectivity index (χ2n) is 5.28. The van der Waals surface area contributed by atoms with Crippen LogP contribution in [0.1, 0.15) is 5.56 Å². The molecule has 3 rings (SSSR count). The Kier molecular flexibility index (Phi) is 5.40. The first kappa shape index (κ1) is 17.1.